The number of nitrogens with zero attached hydrogens (tertiary/aromatic N) is 1. The van der Waals surface area contributed by atoms with Crippen LogP contribution in [0.4, 0.5) is 5.69 Å². The molecule has 0 spiro atoms. The van der Waals surface area contributed by atoms with Gasteiger partial charge in [0.2, 0.25) is 5.91 Å². The highest BCUT2D eigenvalue weighted by Gasteiger charge is 2.09. The van der Waals surface area contributed by atoms with E-state index in [-0.39, 0.29) is 12.5 Å². The molecule has 1 amide bonds. The van der Waals surface area contributed by atoms with Crippen molar-refractivity contribution in [3.05, 3.63) is 28.8 Å². The van der Waals surface area contributed by atoms with Gasteiger partial charge in [0.1, 0.15) is 0 Å². The average molecular weight is 271 g/mol. The van der Waals surface area contributed by atoms with Crippen LogP contribution < -0.4 is 5.32 Å². The summed E-state index contributed by atoms with van der Waals surface area (Å²) in [5.41, 5.74) is 1.61. The lowest BCUT2D eigenvalue weighted by molar-refractivity contribution is -0.117. The van der Waals surface area contributed by atoms with Crippen LogP contribution >= 0.6 is 11.6 Å². The molecule has 4 nitrogen and oxygen atoms in total. The van der Waals surface area contributed by atoms with Crippen molar-refractivity contribution in [3.8, 4) is 0 Å². The fraction of sp³-hybridized carbons (Fsp3) is 0.462. The van der Waals surface area contributed by atoms with Crippen LogP contribution in [0.3, 0.4) is 0 Å². The summed E-state index contributed by atoms with van der Waals surface area (Å²) in [5, 5.41) is 12.2. The highest BCUT2D eigenvalue weighted by atomic mass is 35.5. The van der Waals surface area contributed by atoms with Crippen LogP contribution in [-0.4, -0.2) is 42.7 Å². The summed E-state index contributed by atoms with van der Waals surface area (Å²) in [5.74, 6) is -0.0826. The third-order valence-electron chi connectivity index (χ3n) is 2.65. The molecule has 1 aromatic carbocycles. The Labute approximate surface area is 113 Å². The van der Waals surface area contributed by atoms with Gasteiger partial charge in [0.05, 0.1) is 6.54 Å². The maximum Gasteiger partial charge on any atom is 0.238 e. The van der Waals surface area contributed by atoms with Gasteiger partial charge < -0.3 is 10.4 Å². The van der Waals surface area contributed by atoms with Crippen molar-refractivity contribution in [2.45, 2.75) is 13.3 Å². The maximum absolute atomic E-state index is 11.8. The minimum Gasteiger partial charge on any atom is -0.396 e. The summed E-state index contributed by atoms with van der Waals surface area (Å²) >= 11 is 5.98. The summed E-state index contributed by atoms with van der Waals surface area (Å²) in [7, 11) is 1.85. The monoisotopic (exact) mass is 270 g/mol. The van der Waals surface area contributed by atoms with Crippen LogP contribution in [0.2, 0.25) is 5.02 Å². The first-order valence-electron chi connectivity index (χ1n) is 5.89. The lowest BCUT2D eigenvalue weighted by atomic mass is 10.2. The first-order chi connectivity index (χ1) is 8.54. The second-order valence-electron chi connectivity index (χ2n) is 4.28. The molecule has 0 heterocycles. The van der Waals surface area contributed by atoms with Gasteiger partial charge in [-0.3, -0.25) is 9.69 Å². The summed E-state index contributed by atoms with van der Waals surface area (Å²) in [4.78, 5) is 13.7. The van der Waals surface area contributed by atoms with Gasteiger partial charge in [-0.15, -0.1) is 0 Å². The Hall–Kier alpha value is -1.10. The van der Waals surface area contributed by atoms with Gasteiger partial charge in [-0.25, -0.2) is 0 Å². The Bertz CT molecular complexity index is 410. The molecule has 0 aliphatic rings. The van der Waals surface area contributed by atoms with Crippen LogP contribution in [-0.2, 0) is 4.79 Å². The summed E-state index contributed by atoms with van der Waals surface area (Å²) in [6.45, 7) is 3.00. The van der Waals surface area contributed by atoms with Crippen LogP contribution in [0.5, 0.6) is 0 Å². The Balaban J connectivity index is 2.52. The average Bonchev–Trinajstić information content (AvgIpc) is 2.32. The van der Waals surface area contributed by atoms with E-state index in [0.29, 0.717) is 24.5 Å². The van der Waals surface area contributed by atoms with Gasteiger partial charge in [0.25, 0.3) is 0 Å². The van der Waals surface area contributed by atoms with Crippen molar-refractivity contribution in [1.29, 1.82) is 0 Å². The second kappa shape index (κ2) is 7.36. The van der Waals surface area contributed by atoms with E-state index >= 15 is 0 Å². The van der Waals surface area contributed by atoms with E-state index in [1.54, 1.807) is 12.1 Å². The van der Waals surface area contributed by atoms with Gasteiger partial charge in [-0.1, -0.05) is 17.7 Å². The van der Waals surface area contributed by atoms with Crippen molar-refractivity contribution in [2.75, 3.05) is 32.1 Å². The number of likely N-dealkylation sites (N-methyl/N-ethyl adjacent to an activating group) is 1. The number of aliphatic hydroxyl groups is 1. The van der Waals surface area contributed by atoms with Gasteiger partial charge in [0.15, 0.2) is 0 Å². The van der Waals surface area contributed by atoms with Gasteiger partial charge >= 0.3 is 0 Å². The van der Waals surface area contributed by atoms with E-state index < -0.39 is 0 Å². The molecule has 18 heavy (non-hydrogen) atoms. The maximum atomic E-state index is 11.8. The molecule has 0 bridgehead atoms. The number of amides is 1. The van der Waals surface area contributed by atoms with Crippen molar-refractivity contribution in [3.63, 3.8) is 0 Å². The smallest absolute Gasteiger partial charge is 0.238 e. The number of nitrogens with one attached hydrogen (secondary N) is 1. The number of rotatable bonds is 6. The lowest BCUT2D eigenvalue weighted by Gasteiger charge is -2.16. The zero-order valence-corrected chi connectivity index (χ0v) is 11.5. The number of aliphatic hydroxyl groups excluding tert-OH is 1. The molecule has 1 rings (SSSR count). The van der Waals surface area contributed by atoms with Gasteiger partial charge in [0, 0.05) is 23.9 Å². The molecule has 0 aliphatic heterocycles. The quantitative estimate of drug-likeness (QED) is 0.830. The number of carbonyl (C=O) groups is 1. The SMILES string of the molecule is Cc1c(Cl)cccc1NC(=O)CN(C)CCCO. The molecule has 0 aromatic heterocycles. The standard InChI is InChI=1S/C13H19ClN2O2/c1-10-11(14)5-3-6-12(10)15-13(18)9-16(2)7-4-8-17/h3,5-6,17H,4,7-9H2,1-2H3,(H,15,18). The third-order valence-corrected chi connectivity index (χ3v) is 3.06. The van der Waals surface area contributed by atoms with Crippen molar-refractivity contribution in [1.82, 2.24) is 4.90 Å². The molecule has 2 N–H and O–H groups in total. The van der Waals surface area contributed by atoms with E-state index in [1.807, 2.05) is 24.9 Å². The number of hydrogen-bond donors (Lipinski definition) is 2. The van der Waals surface area contributed by atoms with E-state index in [1.165, 1.54) is 0 Å². The van der Waals surface area contributed by atoms with Crippen molar-refractivity contribution < 1.29 is 9.90 Å². The summed E-state index contributed by atoms with van der Waals surface area (Å²) < 4.78 is 0. The van der Waals surface area contributed by atoms with Crippen molar-refractivity contribution >= 4 is 23.2 Å². The number of anilines is 1. The molecule has 0 atom stereocenters. The third kappa shape index (κ3) is 4.64. The number of hydrogen-bond acceptors (Lipinski definition) is 3. The van der Waals surface area contributed by atoms with Crippen LogP contribution in [0.15, 0.2) is 18.2 Å². The Kier molecular flexibility index (Phi) is 6.12. The minimum absolute atomic E-state index is 0.0826. The molecular formula is C13H19ClN2O2. The molecule has 100 valence electrons. The fourth-order valence-electron chi connectivity index (χ4n) is 1.60. The van der Waals surface area contributed by atoms with E-state index in [0.717, 1.165) is 11.3 Å². The van der Waals surface area contributed by atoms with Crippen molar-refractivity contribution in [2.24, 2.45) is 0 Å². The molecule has 0 fully saturated rings. The number of carbonyl (C=O) groups excluding carboxylic acids is 1. The first-order valence-corrected chi connectivity index (χ1v) is 6.26. The largest absolute Gasteiger partial charge is 0.396 e. The molecule has 0 aliphatic carbocycles. The second-order valence-corrected chi connectivity index (χ2v) is 4.68. The molecule has 1 aromatic rings. The minimum atomic E-state index is -0.0826. The molecule has 0 unspecified atom stereocenters. The Morgan fingerprint density at radius 2 is 2.22 bits per heavy atom. The lowest BCUT2D eigenvalue weighted by Crippen LogP contribution is -2.31. The fourth-order valence-corrected chi connectivity index (χ4v) is 1.77. The van der Waals surface area contributed by atoms with E-state index in [9.17, 15) is 4.79 Å². The van der Waals surface area contributed by atoms with E-state index in [4.69, 9.17) is 16.7 Å². The van der Waals surface area contributed by atoms with Crippen LogP contribution in [0, 0.1) is 6.92 Å². The zero-order valence-electron chi connectivity index (χ0n) is 10.7. The number of halogens is 1. The Morgan fingerprint density at radius 1 is 1.50 bits per heavy atom. The molecule has 0 saturated heterocycles. The van der Waals surface area contributed by atoms with Crippen LogP contribution in [0.25, 0.3) is 0 Å². The molecule has 0 saturated carbocycles. The predicted octanol–water partition coefficient (Wildman–Crippen LogP) is 1.90. The highest BCUT2D eigenvalue weighted by molar-refractivity contribution is 6.31. The van der Waals surface area contributed by atoms with Gasteiger partial charge in [-0.05, 0) is 38.1 Å². The highest BCUT2D eigenvalue weighted by Crippen LogP contribution is 2.22. The zero-order chi connectivity index (χ0) is 13.5. The summed E-state index contributed by atoms with van der Waals surface area (Å²) in [6, 6.07) is 5.42. The number of benzene rings is 1. The van der Waals surface area contributed by atoms with E-state index in [2.05, 4.69) is 5.32 Å². The normalized spacial score (nSPS) is 10.7. The van der Waals surface area contributed by atoms with Crippen LogP contribution in [0.1, 0.15) is 12.0 Å². The first kappa shape index (κ1) is 15.0. The molecular weight excluding hydrogens is 252 g/mol. The van der Waals surface area contributed by atoms with Gasteiger partial charge in [-0.2, -0.15) is 0 Å². The predicted molar refractivity (Wildman–Crippen MR) is 74.0 cm³/mol. The summed E-state index contributed by atoms with van der Waals surface area (Å²) in [6.07, 6.45) is 0.667. The Morgan fingerprint density at radius 3 is 2.89 bits per heavy atom. The topological polar surface area (TPSA) is 52.6 Å². The molecule has 5 heteroatoms. The molecule has 0 radical (unpaired) electrons.